The summed E-state index contributed by atoms with van der Waals surface area (Å²) in [6.07, 6.45) is 6.40. The second-order valence-electron chi connectivity index (χ2n) is 7.36. The normalized spacial score (nSPS) is 14.9. The number of benzene rings is 1. The van der Waals surface area contributed by atoms with Crippen LogP contribution in [0.4, 0.5) is 5.69 Å². The number of hydrogen-bond acceptors (Lipinski definition) is 2. The van der Waals surface area contributed by atoms with Crippen molar-refractivity contribution in [3.8, 4) is 0 Å². The molecule has 2 N–H and O–H groups in total. The minimum absolute atomic E-state index is 0.845. The van der Waals surface area contributed by atoms with Gasteiger partial charge in [-0.05, 0) is 61.0 Å². The van der Waals surface area contributed by atoms with E-state index >= 15 is 0 Å². The summed E-state index contributed by atoms with van der Waals surface area (Å²) in [5.74, 6) is 0. The van der Waals surface area contributed by atoms with E-state index in [0.717, 1.165) is 30.3 Å². The fourth-order valence-corrected chi connectivity index (χ4v) is 4.79. The van der Waals surface area contributed by atoms with Gasteiger partial charge in [-0.25, -0.2) is 0 Å². The lowest BCUT2D eigenvalue weighted by Crippen LogP contribution is -3.12. The molecule has 1 aromatic heterocycles. The van der Waals surface area contributed by atoms with Crippen LogP contribution in [-0.2, 0) is 13.0 Å². The number of thiophene rings is 1. The van der Waals surface area contributed by atoms with Crippen molar-refractivity contribution in [2.45, 2.75) is 45.6 Å². The Morgan fingerprint density at radius 2 is 1.96 bits per heavy atom. The standard InChI is InChI=1S/C22H31N3S2/c1-2-19-10-4-5-12-21(19)23-22(26)25(18-20-11-8-17-27-20)16-9-15-24-13-6-3-7-14-24/h4-5,8,10-12,17H,2-3,6-7,9,13-16,18H2,1H3,(H,23,26)/p+1. The molecule has 27 heavy (non-hydrogen) atoms. The number of anilines is 1. The van der Waals surface area contributed by atoms with E-state index in [4.69, 9.17) is 12.2 Å². The van der Waals surface area contributed by atoms with E-state index in [0.29, 0.717) is 0 Å². The Hall–Kier alpha value is -1.43. The molecule has 3 rings (SSSR count). The van der Waals surface area contributed by atoms with E-state index in [1.165, 1.54) is 55.8 Å². The number of nitrogens with one attached hydrogen (secondary N) is 2. The SMILES string of the molecule is CCc1ccccc1NC(=S)N(CCC[NH+]1CCCCC1)Cc1cccs1. The van der Waals surface area contributed by atoms with Gasteiger partial charge in [0.05, 0.1) is 26.2 Å². The summed E-state index contributed by atoms with van der Waals surface area (Å²) in [6, 6.07) is 12.8. The van der Waals surface area contributed by atoms with Crippen molar-refractivity contribution in [1.82, 2.24) is 4.90 Å². The van der Waals surface area contributed by atoms with Crippen molar-refractivity contribution in [2.75, 3.05) is 31.5 Å². The molecule has 3 nitrogen and oxygen atoms in total. The fraction of sp³-hybridized carbons (Fsp3) is 0.500. The first-order chi connectivity index (χ1) is 13.3. The topological polar surface area (TPSA) is 19.7 Å². The quantitative estimate of drug-likeness (QED) is 0.652. The minimum atomic E-state index is 0.845. The number of hydrogen-bond donors (Lipinski definition) is 2. The van der Waals surface area contributed by atoms with Gasteiger partial charge < -0.3 is 15.1 Å². The van der Waals surface area contributed by atoms with Crippen molar-refractivity contribution in [1.29, 1.82) is 0 Å². The third-order valence-corrected chi connectivity index (χ3v) is 6.59. The van der Waals surface area contributed by atoms with E-state index in [1.54, 1.807) is 4.90 Å². The van der Waals surface area contributed by atoms with Crippen LogP contribution in [0.15, 0.2) is 41.8 Å². The molecule has 0 atom stereocenters. The molecule has 2 aromatic rings. The molecule has 0 spiro atoms. The van der Waals surface area contributed by atoms with Crippen LogP contribution in [0.3, 0.4) is 0 Å². The average Bonchev–Trinajstić information content (AvgIpc) is 3.21. The molecule has 0 bridgehead atoms. The fourth-order valence-electron chi connectivity index (χ4n) is 3.81. The smallest absolute Gasteiger partial charge is 0.173 e. The molecule has 0 saturated carbocycles. The molecule has 0 aliphatic carbocycles. The first-order valence-electron chi connectivity index (χ1n) is 10.3. The molecule has 0 amide bonds. The maximum absolute atomic E-state index is 5.82. The largest absolute Gasteiger partial charge is 0.344 e. The van der Waals surface area contributed by atoms with Crippen molar-refractivity contribution in [3.05, 3.63) is 52.2 Å². The van der Waals surface area contributed by atoms with Crippen molar-refractivity contribution in [3.63, 3.8) is 0 Å². The van der Waals surface area contributed by atoms with E-state index in [-0.39, 0.29) is 0 Å². The van der Waals surface area contributed by atoms with E-state index < -0.39 is 0 Å². The number of para-hydroxylation sites is 1. The highest BCUT2D eigenvalue weighted by molar-refractivity contribution is 7.80. The molecule has 1 aromatic carbocycles. The predicted molar refractivity (Wildman–Crippen MR) is 121 cm³/mol. The lowest BCUT2D eigenvalue weighted by Gasteiger charge is -2.28. The summed E-state index contributed by atoms with van der Waals surface area (Å²) in [6.45, 7) is 8.05. The summed E-state index contributed by atoms with van der Waals surface area (Å²) in [5.41, 5.74) is 2.46. The summed E-state index contributed by atoms with van der Waals surface area (Å²) >= 11 is 7.63. The second-order valence-corrected chi connectivity index (χ2v) is 8.77. The van der Waals surface area contributed by atoms with Crippen LogP contribution >= 0.6 is 23.6 Å². The molecule has 1 saturated heterocycles. The molecule has 1 aliphatic heterocycles. The maximum Gasteiger partial charge on any atom is 0.173 e. The molecule has 0 radical (unpaired) electrons. The number of piperidine rings is 1. The highest BCUT2D eigenvalue weighted by atomic mass is 32.1. The van der Waals surface area contributed by atoms with Crippen molar-refractivity contribution < 1.29 is 4.90 Å². The molecular formula is C22H32N3S2+. The predicted octanol–water partition coefficient (Wildman–Crippen LogP) is 3.97. The van der Waals surface area contributed by atoms with Crippen molar-refractivity contribution >= 4 is 34.4 Å². The van der Waals surface area contributed by atoms with Gasteiger partial charge in [0.1, 0.15) is 0 Å². The Morgan fingerprint density at radius 1 is 1.15 bits per heavy atom. The van der Waals surface area contributed by atoms with E-state index in [1.807, 2.05) is 11.3 Å². The number of quaternary nitrogens is 1. The number of nitrogens with zero attached hydrogens (tertiary/aromatic N) is 1. The van der Waals surface area contributed by atoms with Gasteiger partial charge in [-0.15, -0.1) is 11.3 Å². The lowest BCUT2D eigenvalue weighted by molar-refractivity contribution is -0.905. The second kappa shape index (κ2) is 10.8. The Morgan fingerprint density at radius 3 is 2.70 bits per heavy atom. The molecule has 0 unspecified atom stereocenters. The van der Waals surface area contributed by atoms with Crippen LogP contribution in [0.2, 0.25) is 0 Å². The number of likely N-dealkylation sites (tertiary alicyclic amines) is 1. The first kappa shape index (κ1) is 20.3. The lowest BCUT2D eigenvalue weighted by atomic mass is 10.1. The monoisotopic (exact) mass is 402 g/mol. The third-order valence-electron chi connectivity index (χ3n) is 5.37. The first-order valence-corrected chi connectivity index (χ1v) is 11.5. The zero-order chi connectivity index (χ0) is 18.9. The Labute approximate surface area is 173 Å². The summed E-state index contributed by atoms with van der Waals surface area (Å²) in [5, 5.41) is 6.51. The summed E-state index contributed by atoms with van der Waals surface area (Å²) < 4.78 is 0. The minimum Gasteiger partial charge on any atom is -0.344 e. The number of thiocarbonyl (C=S) groups is 1. The molecular weight excluding hydrogens is 370 g/mol. The number of aryl methyl sites for hydroxylation is 1. The van der Waals surface area contributed by atoms with Gasteiger partial charge in [-0.3, -0.25) is 0 Å². The van der Waals surface area contributed by atoms with Gasteiger partial charge in [0.2, 0.25) is 0 Å². The molecule has 5 heteroatoms. The van der Waals surface area contributed by atoms with Gasteiger partial charge in [0.15, 0.2) is 5.11 Å². The van der Waals surface area contributed by atoms with Crippen LogP contribution in [0.25, 0.3) is 0 Å². The van der Waals surface area contributed by atoms with E-state index in [9.17, 15) is 0 Å². The van der Waals surface area contributed by atoms with Gasteiger partial charge in [0.25, 0.3) is 0 Å². The average molecular weight is 403 g/mol. The zero-order valence-electron chi connectivity index (χ0n) is 16.4. The van der Waals surface area contributed by atoms with Crippen LogP contribution in [0, 0.1) is 0 Å². The molecule has 1 fully saturated rings. The van der Waals surface area contributed by atoms with Crippen molar-refractivity contribution in [2.24, 2.45) is 0 Å². The number of rotatable bonds is 8. The Bertz CT molecular complexity index is 693. The van der Waals surface area contributed by atoms with Gasteiger partial charge in [-0.2, -0.15) is 0 Å². The van der Waals surface area contributed by atoms with Crippen LogP contribution in [0.1, 0.15) is 43.0 Å². The maximum atomic E-state index is 5.82. The molecule has 1 aliphatic rings. The van der Waals surface area contributed by atoms with Gasteiger partial charge in [-0.1, -0.05) is 31.2 Å². The van der Waals surface area contributed by atoms with Crippen LogP contribution < -0.4 is 10.2 Å². The zero-order valence-corrected chi connectivity index (χ0v) is 18.0. The summed E-state index contributed by atoms with van der Waals surface area (Å²) in [7, 11) is 0. The Balaban J connectivity index is 1.60. The highest BCUT2D eigenvalue weighted by Gasteiger charge is 2.16. The summed E-state index contributed by atoms with van der Waals surface area (Å²) in [4.78, 5) is 5.48. The van der Waals surface area contributed by atoms with Gasteiger partial charge >= 0.3 is 0 Å². The molecule has 146 valence electrons. The molecule has 2 heterocycles. The van der Waals surface area contributed by atoms with E-state index in [2.05, 4.69) is 58.9 Å². The van der Waals surface area contributed by atoms with Crippen LogP contribution in [0.5, 0.6) is 0 Å². The third kappa shape index (κ3) is 6.30. The highest BCUT2D eigenvalue weighted by Crippen LogP contribution is 2.18. The van der Waals surface area contributed by atoms with Gasteiger partial charge in [0, 0.05) is 23.5 Å². The van der Waals surface area contributed by atoms with Crippen LogP contribution in [-0.4, -0.2) is 36.2 Å². The Kier molecular flexibility index (Phi) is 8.11.